The molecule has 2 rings (SSSR count). The molecule has 1 aromatic carbocycles. The highest BCUT2D eigenvalue weighted by atomic mass is 19.1. The summed E-state index contributed by atoms with van der Waals surface area (Å²) in [4.78, 5) is 4.17. The molecule has 0 unspecified atom stereocenters. The third-order valence-corrected chi connectivity index (χ3v) is 2.17. The highest BCUT2D eigenvalue weighted by Gasteiger charge is 1.99. The summed E-state index contributed by atoms with van der Waals surface area (Å²) < 4.78 is 12.6. The standard InChI is InChI=1S/C11H13FN4/c1-8-14-11(16-15-8)7-13-6-9-2-4-10(12)5-3-9/h2-5,13H,6-7H2,1H3,(H,14,15,16). The maximum atomic E-state index is 12.6. The summed E-state index contributed by atoms with van der Waals surface area (Å²) in [5.74, 6) is 1.33. The Hall–Kier alpha value is -1.75. The van der Waals surface area contributed by atoms with E-state index in [4.69, 9.17) is 0 Å². The first kappa shape index (κ1) is 10.8. The Morgan fingerprint density at radius 1 is 1.25 bits per heavy atom. The van der Waals surface area contributed by atoms with Crippen molar-refractivity contribution in [3.05, 3.63) is 47.3 Å². The highest BCUT2D eigenvalue weighted by molar-refractivity contribution is 5.15. The van der Waals surface area contributed by atoms with Crippen molar-refractivity contribution in [2.75, 3.05) is 0 Å². The topological polar surface area (TPSA) is 53.6 Å². The number of hydrogen-bond acceptors (Lipinski definition) is 3. The first-order valence-electron chi connectivity index (χ1n) is 5.07. The molecule has 0 aliphatic rings. The van der Waals surface area contributed by atoms with Crippen molar-refractivity contribution in [3.63, 3.8) is 0 Å². The van der Waals surface area contributed by atoms with Crippen LogP contribution in [0.1, 0.15) is 17.2 Å². The van der Waals surface area contributed by atoms with Crippen molar-refractivity contribution in [2.45, 2.75) is 20.0 Å². The molecular weight excluding hydrogens is 207 g/mol. The lowest BCUT2D eigenvalue weighted by molar-refractivity contribution is 0.623. The molecule has 0 aliphatic heterocycles. The number of nitrogens with one attached hydrogen (secondary N) is 2. The zero-order valence-electron chi connectivity index (χ0n) is 9.00. The van der Waals surface area contributed by atoms with Crippen LogP contribution in [0.25, 0.3) is 0 Å². The summed E-state index contributed by atoms with van der Waals surface area (Å²) in [7, 11) is 0. The van der Waals surface area contributed by atoms with Crippen LogP contribution >= 0.6 is 0 Å². The van der Waals surface area contributed by atoms with E-state index in [1.807, 2.05) is 6.92 Å². The first-order valence-corrected chi connectivity index (χ1v) is 5.07. The molecule has 1 aromatic heterocycles. The van der Waals surface area contributed by atoms with Crippen molar-refractivity contribution >= 4 is 0 Å². The molecule has 0 bridgehead atoms. The number of aromatic amines is 1. The first-order chi connectivity index (χ1) is 7.74. The predicted molar refractivity (Wildman–Crippen MR) is 58.1 cm³/mol. The molecule has 16 heavy (non-hydrogen) atoms. The van der Waals surface area contributed by atoms with Gasteiger partial charge in [0.1, 0.15) is 11.6 Å². The molecule has 0 aliphatic carbocycles. The van der Waals surface area contributed by atoms with Crippen molar-refractivity contribution in [1.82, 2.24) is 20.5 Å². The van der Waals surface area contributed by atoms with Crippen LogP contribution in [0.15, 0.2) is 24.3 Å². The second-order valence-electron chi connectivity index (χ2n) is 3.57. The van der Waals surface area contributed by atoms with Crippen LogP contribution in [0.3, 0.4) is 0 Å². The summed E-state index contributed by atoms with van der Waals surface area (Å²) in [6, 6.07) is 6.42. The molecular formula is C11H13FN4. The third-order valence-electron chi connectivity index (χ3n) is 2.17. The maximum Gasteiger partial charge on any atom is 0.164 e. The van der Waals surface area contributed by atoms with E-state index in [1.165, 1.54) is 12.1 Å². The van der Waals surface area contributed by atoms with Crippen molar-refractivity contribution < 1.29 is 4.39 Å². The Bertz CT molecular complexity index is 449. The van der Waals surface area contributed by atoms with Gasteiger partial charge in [0.05, 0.1) is 6.54 Å². The number of halogens is 1. The molecule has 0 atom stereocenters. The second kappa shape index (κ2) is 4.85. The SMILES string of the molecule is Cc1nc(CNCc2ccc(F)cc2)n[nH]1. The maximum absolute atomic E-state index is 12.6. The monoisotopic (exact) mass is 220 g/mol. The summed E-state index contributed by atoms with van der Waals surface area (Å²) in [5.41, 5.74) is 1.04. The molecule has 5 heteroatoms. The van der Waals surface area contributed by atoms with Gasteiger partial charge in [-0.1, -0.05) is 12.1 Å². The fourth-order valence-corrected chi connectivity index (χ4v) is 1.39. The normalized spacial score (nSPS) is 10.6. The van der Waals surface area contributed by atoms with Gasteiger partial charge < -0.3 is 5.32 Å². The molecule has 4 nitrogen and oxygen atoms in total. The van der Waals surface area contributed by atoms with E-state index in [9.17, 15) is 4.39 Å². The molecule has 2 N–H and O–H groups in total. The van der Waals surface area contributed by atoms with Gasteiger partial charge in [0, 0.05) is 6.54 Å². The number of aryl methyl sites for hydroxylation is 1. The average Bonchev–Trinajstić information content (AvgIpc) is 2.67. The lowest BCUT2D eigenvalue weighted by atomic mass is 10.2. The molecule has 0 spiro atoms. The van der Waals surface area contributed by atoms with Crippen LogP contribution in [0.5, 0.6) is 0 Å². The molecule has 0 radical (unpaired) electrons. The van der Waals surface area contributed by atoms with Crippen molar-refractivity contribution in [3.8, 4) is 0 Å². The van der Waals surface area contributed by atoms with Gasteiger partial charge in [-0.25, -0.2) is 9.37 Å². The number of rotatable bonds is 4. The lowest BCUT2D eigenvalue weighted by Gasteiger charge is -2.01. The van der Waals surface area contributed by atoms with Gasteiger partial charge in [0.15, 0.2) is 5.82 Å². The molecule has 0 saturated carbocycles. The van der Waals surface area contributed by atoms with Gasteiger partial charge in [0.2, 0.25) is 0 Å². The fourth-order valence-electron chi connectivity index (χ4n) is 1.39. The Kier molecular flexibility index (Phi) is 3.26. The van der Waals surface area contributed by atoms with Gasteiger partial charge >= 0.3 is 0 Å². The highest BCUT2D eigenvalue weighted by Crippen LogP contribution is 2.02. The number of benzene rings is 1. The van der Waals surface area contributed by atoms with Crippen LogP contribution in [-0.4, -0.2) is 15.2 Å². The van der Waals surface area contributed by atoms with Crippen molar-refractivity contribution in [2.24, 2.45) is 0 Å². The number of nitrogens with zero attached hydrogens (tertiary/aromatic N) is 2. The number of aromatic nitrogens is 3. The molecule has 2 aromatic rings. The van der Waals surface area contributed by atoms with Crippen LogP contribution in [-0.2, 0) is 13.1 Å². The van der Waals surface area contributed by atoms with Gasteiger partial charge in [-0.3, -0.25) is 5.10 Å². The zero-order chi connectivity index (χ0) is 11.4. The van der Waals surface area contributed by atoms with E-state index in [2.05, 4.69) is 20.5 Å². The van der Waals surface area contributed by atoms with E-state index in [0.717, 1.165) is 17.2 Å². The van der Waals surface area contributed by atoms with Crippen LogP contribution in [0.2, 0.25) is 0 Å². The van der Waals surface area contributed by atoms with E-state index in [1.54, 1.807) is 12.1 Å². The molecule has 0 amide bonds. The van der Waals surface area contributed by atoms with Crippen LogP contribution < -0.4 is 5.32 Å². The van der Waals surface area contributed by atoms with E-state index in [0.29, 0.717) is 13.1 Å². The summed E-state index contributed by atoms with van der Waals surface area (Å²) in [6.45, 7) is 3.13. The Balaban J connectivity index is 1.82. The Labute approximate surface area is 92.9 Å². The van der Waals surface area contributed by atoms with Crippen LogP contribution in [0.4, 0.5) is 4.39 Å². The van der Waals surface area contributed by atoms with Gasteiger partial charge in [-0.15, -0.1) is 0 Å². The Morgan fingerprint density at radius 3 is 2.62 bits per heavy atom. The smallest absolute Gasteiger partial charge is 0.164 e. The molecule has 84 valence electrons. The lowest BCUT2D eigenvalue weighted by Crippen LogP contribution is -2.13. The average molecular weight is 220 g/mol. The number of H-pyrrole nitrogens is 1. The van der Waals surface area contributed by atoms with E-state index < -0.39 is 0 Å². The third kappa shape index (κ3) is 2.87. The van der Waals surface area contributed by atoms with Gasteiger partial charge in [-0.05, 0) is 24.6 Å². The van der Waals surface area contributed by atoms with Gasteiger partial charge in [-0.2, -0.15) is 5.10 Å². The molecule has 0 fully saturated rings. The Morgan fingerprint density at radius 2 is 2.00 bits per heavy atom. The minimum absolute atomic E-state index is 0.214. The summed E-state index contributed by atoms with van der Waals surface area (Å²) in [5, 5.41) is 9.96. The summed E-state index contributed by atoms with van der Waals surface area (Å²) in [6.07, 6.45) is 0. The number of hydrogen-bond donors (Lipinski definition) is 2. The molecule has 0 saturated heterocycles. The minimum atomic E-state index is -0.214. The largest absolute Gasteiger partial charge is 0.306 e. The summed E-state index contributed by atoms with van der Waals surface area (Å²) >= 11 is 0. The quantitative estimate of drug-likeness (QED) is 0.821. The van der Waals surface area contributed by atoms with E-state index >= 15 is 0 Å². The fraction of sp³-hybridized carbons (Fsp3) is 0.273. The second-order valence-corrected chi connectivity index (χ2v) is 3.57. The predicted octanol–water partition coefficient (Wildman–Crippen LogP) is 1.54. The minimum Gasteiger partial charge on any atom is -0.306 e. The van der Waals surface area contributed by atoms with Crippen molar-refractivity contribution in [1.29, 1.82) is 0 Å². The van der Waals surface area contributed by atoms with E-state index in [-0.39, 0.29) is 5.82 Å². The van der Waals surface area contributed by atoms with Crippen LogP contribution in [0, 0.1) is 12.7 Å². The molecule has 1 heterocycles. The zero-order valence-corrected chi connectivity index (χ0v) is 9.00. The van der Waals surface area contributed by atoms with Gasteiger partial charge in [0.25, 0.3) is 0 Å².